The number of hydrogen-bond acceptors (Lipinski definition) is 2. The highest BCUT2D eigenvalue weighted by Gasteiger charge is 2.11. The maximum absolute atomic E-state index is 11.4. The molecule has 0 atom stereocenters. The molecule has 1 aromatic carbocycles. The van der Waals surface area contributed by atoms with Crippen molar-refractivity contribution in [3.05, 3.63) is 29.3 Å². The first-order chi connectivity index (χ1) is 7.98. The van der Waals surface area contributed by atoms with Gasteiger partial charge >= 0.3 is 0 Å². The van der Waals surface area contributed by atoms with Gasteiger partial charge in [-0.05, 0) is 24.0 Å². The molecule has 0 bridgehead atoms. The van der Waals surface area contributed by atoms with Crippen LogP contribution in [-0.4, -0.2) is 14.7 Å². The van der Waals surface area contributed by atoms with Gasteiger partial charge in [0.25, 0.3) is 0 Å². The molecule has 0 unspecified atom stereocenters. The Hall–Kier alpha value is -1.03. The molecule has 1 aromatic rings. The monoisotopic (exact) mass is 255 g/mol. The van der Waals surface area contributed by atoms with E-state index in [0.29, 0.717) is 0 Å². The molecule has 0 spiro atoms. The fraction of sp³-hybridized carbons (Fsp3) is 0.538. The van der Waals surface area contributed by atoms with Crippen molar-refractivity contribution in [2.45, 2.75) is 39.5 Å². The summed E-state index contributed by atoms with van der Waals surface area (Å²) < 4.78 is 25.5. The molecule has 0 heterocycles. The third-order valence-corrected chi connectivity index (χ3v) is 3.14. The molecule has 0 aliphatic carbocycles. The second-order valence-corrected chi connectivity index (χ2v) is 6.07. The Labute approximate surface area is 104 Å². The van der Waals surface area contributed by atoms with Crippen LogP contribution in [0.15, 0.2) is 18.2 Å². The van der Waals surface area contributed by atoms with Crippen LogP contribution in [0.5, 0.6) is 0 Å². The minimum Gasteiger partial charge on any atom is -0.283 e. The lowest BCUT2D eigenvalue weighted by Crippen LogP contribution is -2.13. The quantitative estimate of drug-likeness (QED) is 0.849. The highest BCUT2D eigenvalue weighted by molar-refractivity contribution is 7.92. The zero-order chi connectivity index (χ0) is 12.9. The van der Waals surface area contributed by atoms with Crippen molar-refractivity contribution < 1.29 is 8.42 Å². The highest BCUT2D eigenvalue weighted by Crippen LogP contribution is 2.24. The van der Waals surface area contributed by atoms with E-state index in [-0.39, 0.29) is 0 Å². The molecule has 0 aromatic heterocycles. The van der Waals surface area contributed by atoms with Crippen LogP contribution in [0.25, 0.3) is 0 Å². The lowest BCUT2D eigenvalue weighted by Gasteiger charge is -2.15. The van der Waals surface area contributed by atoms with Gasteiger partial charge in [0.15, 0.2) is 0 Å². The SMILES string of the molecule is CCCc1cccc(CCC)c1NS(C)(=O)=O. The van der Waals surface area contributed by atoms with E-state index >= 15 is 0 Å². The fourth-order valence-electron chi connectivity index (χ4n) is 1.93. The van der Waals surface area contributed by atoms with E-state index in [1.807, 2.05) is 18.2 Å². The van der Waals surface area contributed by atoms with Crippen molar-refractivity contribution in [1.82, 2.24) is 0 Å². The van der Waals surface area contributed by atoms with Crippen LogP contribution in [0.3, 0.4) is 0 Å². The predicted molar refractivity (Wildman–Crippen MR) is 72.9 cm³/mol. The molecule has 96 valence electrons. The lowest BCUT2D eigenvalue weighted by molar-refractivity contribution is 0.606. The van der Waals surface area contributed by atoms with Gasteiger partial charge in [-0.15, -0.1) is 0 Å². The van der Waals surface area contributed by atoms with Gasteiger partial charge in [-0.2, -0.15) is 0 Å². The maximum atomic E-state index is 11.4. The first-order valence-corrected chi connectivity index (χ1v) is 7.95. The van der Waals surface area contributed by atoms with Crippen LogP contribution in [0, 0.1) is 0 Å². The van der Waals surface area contributed by atoms with Gasteiger partial charge in [0.2, 0.25) is 10.0 Å². The summed E-state index contributed by atoms with van der Waals surface area (Å²) in [7, 11) is -3.21. The Balaban J connectivity index is 3.17. The zero-order valence-electron chi connectivity index (χ0n) is 10.8. The minimum absolute atomic E-state index is 0.790. The van der Waals surface area contributed by atoms with Crippen LogP contribution in [0.2, 0.25) is 0 Å². The summed E-state index contributed by atoms with van der Waals surface area (Å²) in [6, 6.07) is 6.00. The van der Waals surface area contributed by atoms with Crippen LogP contribution < -0.4 is 4.72 Å². The maximum Gasteiger partial charge on any atom is 0.229 e. The van der Waals surface area contributed by atoms with Crippen LogP contribution in [0.4, 0.5) is 5.69 Å². The average Bonchev–Trinajstić information content (AvgIpc) is 2.21. The summed E-state index contributed by atoms with van der Waals surface area (Å²) in [5.41, 5.74) is 2.96. The van der Waals surface area contributed by atoms with Gasteiger partial charge in [0.1, 0.15) is 0 Å². The minimum atomic E-state index is -3.21. The molecule has 0 fully saturated rings. The van der Waals surface area contributed by atoms with Gasteiger partial charge in [0, 0.05) is 0 Å². The van der Waals surface area contributed by atoms with Crippen molar-refractivity contribution >= 4 is 15.7 Å². The van der Waals surface area contributed by atoms with E-state index < -0.39 is 10.0 Å². The van der Waals surface area contributed by atoms with Gasteiger partial charge in [-0.3, -0.25) is 4.72 Å². The number of rotatable bonds is 6. The summed E-state index contributed by atoms with van der Waals surface area (Å²) >= 11 is 0. The standard InChI is InChI=1S/C13H21NO2S/c1-4-7-11-9-6-10-12(8-5-2)13(11)14-17(3,15)16/h6,9-10,14H,4-5,7-8H2,1-3H3. The Morgan fingerprint density at radius 3 is 1.88 bits per heavy atom. The third kappa shape index (κ3) is 4.38. The average molecular weight is 255 g/mol. The van der Waals surface area contributed by atoms with Crippen molar-refractivity contribution in [3.63, 3.8) is 0 Å². The number of hydrogen-bond donors (Lipinski definition) is 1. The molecular formula is C13H21NO2S. The first-order valence-electron chi connectivity index (χ1n) is 6.06. The Bertz CT molecular complexity index is 442. The third-order valence-electron chi connectivity index (χ3n) is 2.56. The number of sulfonamides is 1. The number of para-hydroxylation sites is 1. The van der Waals surface area contributed by atoms with E-state index in [4.69, 9.17) is 0 Å². The molecule has 4 heteroatoms. The van der Waals surface area contributed by atoms with Gasteiger partial charge < -0.3 is 0 Å². The van der Waals surface area contributed by atoms with Crippen LogP contribution in [-0.2, 0) is 22.9 Å². The molecule has 0 aliphatic rings. The number of aryl methyl sites for hydroxylation is 2. The fourth-order valence-corrected chi connectivity index (χ4v) is 2.56. The first kappa shape index (κ1) is 14.0. The van der Waals surface area contributed by atoms with Gasteiger partial charge in [-0.25, -0.2) is 8.42 Å². The van der Waals surface area contributed by atoms with Crippen molar-refractivity contribution in [3.8, 4) is 0 Å². The summed E-state index contributed by atoms with van der Waals surface area (Å²) in [6.45, 7) is 4.19. The van der Waals surface area contributed by atoms with E-state index in [1.165, 1.54) is 6.26 Å². The molecule has 1 N–H and O–H groups in total. The molecular weight excluding hydrogens is 234 g/mol. The molecule has 3 nitrogen and oxygen atoms in total. The van der Waals surface area contributed by atoms with Crippen LogP contribution >= 0.6 is 0 Å². The molecule has 0 radical (unpaired) electrons. The Morgan fingerprint density at radius 2 is 1.53 bits per heavy atom. The number of anilines is 1. The largest absolute Gasteiger partial charge is 0.283 e. The summed E-state index contributed by atoms with van der Waals surface area (Å²) in [5.74, 6) is 0. The molecule has 0 amide bonds. The zero-order valence-corrected chi connectivity index (χ0v) is 11.6. The molecule has 0 aliphatic heterocycles. The topological polar surface area (TPSA) is 46.2 Å². The summed E-state index contributed by atoms with van der Waals surface area (Å²) in [4.78, 5) is 0. The molecule has 17 heavy (non-hydrogen) atoms. The van der Waals surface area contributed by atoms with E-state index in [9.17, 15) is 8.42 Å². The van der Waals surface area contributed by atoms with E-state index in [0.717, 1.165) is 42.5 Å². The normalized spacial score (nSPS) is 11.5. The van der Waals surface area contributed by atoms with E-state index in [1.54, 1.807) is 0 Å². The summed E-state index contributed by atoms with van der Waals surface area (Å²) in [6.07, 6.45) is 5.01. The van der Waals surface area contributed by atoms with Crippen molar-refractivity contribution in [2.75, 3.05) is 11.0 Å². The van der Waals surface area contributed by atoms with Crippen molar-refractivity contribution in [2.24, 2.45) is 0 Å². The summed E-state index contributed by atoms with van der Waals surface area (Å²) in [5, 5.41) is 0. The Kier molecular flexibility index (Phi) is 5.00. The predicted octanol–water partition coefficient (Wildman–Crippen LogP) is 2.96. The highest BCUT2D eigenvalue weighted by atomic mass is 32.2. The lowest BCUT2D eigenvalue weighted by atomic mass is 10.0. The molecule has 1 rings (SSSR count). The van der Waals surface area contributed by atoms with Crippen LogP contribution in [0.1, 0.15) is 37.8 Å². The Morgan fingerprint density at radius 1 is 1.06 bits per heavy atom. The molecule has 0 saturated heterocycles. The second kappa shape index (κ2) is 6.05. The van der Waals surface area contributed by atoms with Gasteiger partial charge in [-0.1, -0.05) is 44.9 Å². The number of benzene rings is 1. The molecule has 0 saturated carbocycles. The number of nitrogens with one attached hydrogen (secondary N) is 1. The van der Waals surface area contributed by atoms with Crippen molar-refractivity contribution in [1.29, 1.82) is 0 Å². The second-order valence-electron chi connectivity index (χ2n) is 4.33. The van der Waals surface area contributed by atoms with Gasteiger partial charge in [0.05, 0.1) is 11.9 Å². The van der Waals surface area contributed by atoms with E-state index in [2.05, 4.69) is 18.6 Å². The smallest absolute Gasteiger partial charge is 0.229 e.